The number of anilines is 1. The molecule has 1 aliphatic heterocycles. The number of benzene rings is 1. The second-order valence-electron chi connectivity index (χ2n) is 5.86. The molecule has 3 N–H and O–H groups in total. The number of hydrogen-bond acceptors (Lipinski definition) is 5. The van der Waals surface area contributed by atoms with Gasteiger partial charge in [-0.05, 0) is 37.6 Å². The van der Waals surface area contributed by atoms with Crippen LogP contribution in [-0.2, 0) is 25.0 Å². The third-order valence-corrected chi connectivity index (χ3v) is 5.40. The van der Waals surface area contributed by atoms with E-state index in [0.29, 0.717) is 11.3 Å². The molecule has 1 aromatic carbocycles. The molecule has 2 rings (SSSR count). The number of nitrogens with one attached hydrogen (secondary N) is 1. The van der Waals surface area contributed by atoms with Crippen molar-refractivity contribution in [3.8, 4) is 0 Å². The van der Waals surface area contributed by atoms with Gasteiger partial charge in [-0.2, -0.15) is 4.72 Å². The van der Waals surface area contributed by atoms with Crippen LogP contribution in [0.2, 0.25) is 0 Å². The average molecular weight is 342 g/mol. The lowest BCUT2D eigenvalue weighted by Gasteiger charge is -2.17. The van der Waals surface area contributed by atoms with E-state index in [1.54, 1.807) is 20.9 Å². The molecule has 0 bridgehead atoms. The Balaban J connectivity index is 2.46. The Morgan fingerprint density at radius 3 is 2.52 bits per heavy atom. The van der Waals surface area contributed by atoms with Crippen molar-refractivity contribution >= 4 is 27.6 Å². The Hall–Kier alpha value is -1.97. The number of aliphatic hydroxyl groups is 1. The number of carboxylic acids is 1. The Kier molecular flexibility index (Phi) is 4.22. The number of fused-ring (bicyclic) bond motifs is 1. The Morgan fingerprint density at radius 1 is 1.39 bits per heavy atom. The van der Waals surface area contributed by atoms with Gasteiger partial charge in [0.25, 0.3) is 0 Å². The highest BCUT2D eigenvalue weighted by atomic mass is 32.2. The zero-order valence-corrected chi connectivity index (χ0v) is 13.7. The number of carbonyl (C=O) groups excluding carboxylic acids is 1. The summed E-state index contributed by atoms with van der Waals surface area (Å²) in [6, 6.07) is 2.52. The summed E-state index contributed by atoms with van der Waals surface area (Å²) in [5.74, 6) is -1.64. The molecule has 1 amide bonds. The van der Waals surface area contributed by atoms with Crippen molar-refractivity contribution in [2.45, 2.75) is 30.2 Å². The van der Waals surface area contributed by atoms with Gasteiger partial charge in [0.2, 0.25) is 15.9 Å². The maximum atomic E-state index is 12.3. The third kappa shape index (κ3) is 2.82. The first-order chi connectivity index (χ1) is 10.5. The summed E-state index contributed by atoms with van der Waals surface area (Å²) < 4.78 is 26.5. The standard InChI is InChI=1S/C14H18N2O6S/c1-14(2)9-6-8(4-5-11(9)16(3)13(14)20)23(21,22)15-10(7-17)12(18)19/h4-6,10,15,17H,7H2,1-3H3,(H,18,19). The highest BCUT2D eigenvalue weighted by Crippen LogP contribution is 2.41. The molecule has 1 atom stereocenters. The summed E-state index contributed by atoms with van der Waals surface area (Å²) in [7, 11) is -2.54. The van der Waals surface area contributed by atoms with Crippen molar-refractivity contribution < 1.29 is 28.2 Å². The van der Waals surface area contributed by atoms with Crippen molar-refractivity contribution in [1.82, 2.24) is 4.72 Å². The normalized spacial score (nSPS) is 17.9. The lowest BCUT2D eigenvalue weighted by Crippen LogP contribution is -2.43. The molecule has 0 radical (unpaired) electrons. The fourth-order valence-electron chi connectivity index (χ4n) is 2.54. The number of aliphatic hydroxyl groups excluding tert-OH is 1. The predicted molar refractivity (Wildman–Crippen MR) is 81.7 cm³/mol. The summed E-state index contributed by atoms with van der Waals surface area (Å²) in [5, 5.41) is 17.8. The molecule has 1 heterocycles. The molecule has 126 valence electrons. The maximum absolute atomic E-state index is 12.3. The number of likely N-dealkylation sites (N-methyl/N-ethyl adjacent to an activating group) is 1. The highest BCUT2D eigenvalue weighted by molar-refractivity contribution is 7.89. The molecule has 0 fully saturated rings. The van der Waals surface area contributed by atoms with E-state index in [2.05, 4.69) is 0 Å². The number of aliphatic carboxylic acids is 1. The third-order valence-electron chi connectivity index (χ3n) is 3.93. The monoisotopic (exact) mass is 342 g/mol. The van der Waals surface area contributed by atoms with Gasteiger partial charge in [-0.3, -0.25) is 9.59 Å². The number of sulfonamides is 1. The lowest BCUT2D eigenvalue weighted by atomic mass is 9.86. The smallest absolute Gasteiger partial charge is 0.324 e. The quantitative estimate of drug-likeness (QED) is 0.673. The second kappa shape index (κ2) is 5.59. The van der Waals surface area contributed by atoms with Crippen LogP contribution in [0.1, 0.15) is 19.4 Å². The summed E-state index contributed by atoms with van der Waals surface area (Å²) in [5.41, 5.74) is 0.276. The van der Waals surface area contributed by atoms with Crippen LogP contribution in [0.3, 0.4) is 0 Å². The molecule has 0 aromatic heterocycles. The molecule has 1 aromatic rings. The maximum Gasteiger partial charge on any atom is 0.324 e. The summed E-state index contributed by atoms with van der Waals surface area (Å²) >= 11 is 0. The van der Waals surface area contributed by atoms with Crippen LogP contribution in [0, 0.1) is 0 Å². The zero-order valence-electron chi connectivity index (χ0n) is 12.9. The molecule has 1 aliphatic rings. The number of hydrogen-bond donors (Lipinski definition) is 3. The van der Waals surface area contributed by atoms with Gasteiger partial charge in [-0.15, -0.1) is 0 Å². The SMILES string of the molecule is CN1C(=O)C(C)(C)c2cc(S(=O)(=O)NC(CO)C(=O)O)ccc21. The van der Waals surface area contributed by atoms with E-state index in [1.165, 1.54) is 23.1 Å². The minimum absolute atomic E-state index is 0.159. The van der Waals surface area contributed by atoms with Gasteiger partial charge < -0.3 is 15.1 Å². The molecule has 9 heteroatoms. The van der Waals surface area contributed by atoms with Crippen LogP contribution in [0.5, 0.6) is 0 Å². The first-order valence-electron chi connectivity index (χ1n) is 6.81. The number of amides is 1. The average Bonchev–Trinajstić information content (AvgIpc) is 2.65. The first kappa shape index (κ1) is 17.4. The van der Waals surface area contributed by atoms with E-state index < -0.39 is 34.1 Å². The first-order valence-corrected chi connectivity index (χ1v) is 8.29. The highest BCUT2D eigenvalue weighted by Gasteiger charge is 2.42. The van der Waals surface area contributed by atoms with Crippen molar-refractivity contribution in [3.63, 3.8) is 0 Å². The van der Waals surface area contributed by atoms with Crippen molar-refractivity contribution in [3.05, 3.63) is 23.8 Å². The van der Waals surface area contributed by atoms with Crippen LogP contribution in [0.25, 0.3) is 0 Å². The van der Waals surface area contributed by atoms with Gasteiger partial charge in [-0.25, -0.2) is 8.42 Å². The van der Waals surface area contributed by atoms with Crippen LogP contribution in [-0.4, -0.2) is 50.2 Å². The van der Waals surface area contributed by atoms with Gasteiger partial charge in [0.05, 0.1) is 16.9 Å². The zero-order chi connectivity index (χ0) is 17.6. The van der Waals surface area contributed by atoms with E-state index in [0.717, 1.165) is 0 Å². The van der Waals surface area contributed by atoms with E-state index >= 15 is 0 Å². The van der Waals surface area contributed by atoms with E-state index in [9.17, 15) is 18.0 Å². The van der Waals surface area contributed by atoms with Crippen molar-refractivity contribution in [2.75, 3.05) is 18.6 Å². The van der Waals surface area contributed by atoms with E-state index in [4.69, 9.17) is 10.2 Å². The Morgan fingerprint density at radius 2 is 2.00 bits per heavy atom. The van der Waals surface area contributed by atoms with E-state index in [-0.39, 0.29) is 10.8 Å². The van der Waals surface area contributed by atoms with Gasteiger partial charge in [-0.1, -0.05) is 0 Å². The molecule has 0 spiro atoms. The summed E-state index contributed by atoms with van der Waals surface area (Å²) in [4.78, 5) is 24.4. The van der Waals surface area contributed by atoms with Crippen LogP contribution in [0.15, 0.2) is 23.1 Å². The van der Waals surface area contributed by atoms with Crippen LogP contribution >= 0.6 is 0 Å². The molecular formula is C14H18N2O6S. The fourth-order valence-corrected chi connectivity index (χ4v) is 3.75. The molecule has 1 unspecified atom stereocenters. The lowest BCUT2D eigenvalue weighted by molar-refractivity contribution is -0.139. The fraction of sp³-hybridized carbons (Fsp3) is 0.429. The minimum Gasteiger partial charge on any atom is -0.480 e. The molecule has 8 nitrogen and oxygen atoms in total. The summed E-state index contributed by atoms with van der Waals surface area (Å²) in [6.45, 7) is 2.51. The Bertz CT molecular complexity index is 771. The number of nitrogens with zero attached hydrogens (tertiary/aromatic N) is 1. The van der Waals surface area contributed by atoms with Gasteiger partial charge in [0, 0.05) is 12.7 Å². The molecule has 23 heavy (non-hydrogen) atoms. The Labute approximate surface area is 133 Å². The summed E-state index contributed by atoms with van der Waals surface area (Å²) in [6.07, 6.45) is 0. The number of carboxylic acid groups (broad SMARTS) is 1. The number of carbonyl (C=O) groups is 2. The van der Waals surface area contributed by atoms with Gasteiger partial charge >= 0.3 is 5.97 Å². The van der Waals surface area contributed by atoms with Crippen LogP contribution in [0.4, 0.5) is 5.69 Å². The van der Waals surface area contributed by atoms with Crippen molar-refractivity contribution in [2.24, 2.45) is 0 Å². The molecule has 0 saturated heterocycles. The van der Waals surface area contributed by atoms with Crippen molar-refractivity contribution in [1.29, 1.82) is 0 Å². The number of rotatable bonds is 5. The predicted octanol–water partition coefficient (Wildman–Crippen LogP) is -0.336. The van der Waals surface area contributed by atoms with Crippen LogP contribution < -0.4 is 9.62 Å². The minimum atomic E-state index is -4.14. The largest absolute Gasteiger partial charge is 0.480 e. The molecule has 0 saturated carbocycles. The molecule has 0 aliphatic carbocycles. The van der Waals surface area contributed by atoms with Gasteiger partial charge in [0.15, 0.2) is 0 Å². The molecular weight excluding hydrogens is 324 g/mol. The van der Waals surface area contributed by atoms with E-state index in [1.807, 2.05) is 4.72 Å². The van der Waals surface area contributed by atoms with Gasteiger partial charge in [0.1, 0.15) is 6.04 Å². The second-order valence-corrected chi connectivity index (χ2v) is 7.58. The topological polar surface area (TPSA) is 124 Å².